The van der Waals surface area contributed by atoms with E-state index in [1.165, 1.54) is 28.0 Å². The molecule has 0 fully saturated rings. The van der Waals surface area contributed by atoms with Crippen molar-refractivity contribution in [3.8, 4) is 11.4 Å². The van der Waals surface area contributed by atoms with Crippen LogP contribution in [0.25, 0.3) is 11.4 Å². The summed E-state index contributed by atoms with van der Waals surface area (Å²) in [5.74, 6) is 0.356. The third-order valence-corrected chi connectivity index (χ3v) is 8.04. The number of thiophene rings is 2. The number of rotatable bonds is 9. The van der Waals surface area contributed by atoms with E-state index in [-0.39, 0.29) is 24.3 Å². The number of anilines is 1. The summed E-state index contributed by atoms with van der Waals surface area (Å²) < 4.78 is 7.22. The second-order valence-electron chi connectivity index (χ2n) is 7.47. The summed E-state index contributed by atoms with van der Waals surface area (Å²) in [6.07, 6.45) is 0.984. The molecule has 3 aromatic rings. The first-order chi connectivity index (χ1) is 15.3. The molecule has 1 N–H and O–H groups in total. The number of carbonyl (C=O) groups is 2. The Hall–Kier alpha value is -2.17. The Morgan fingerprint density at radius 3 is 2.62 bits per heavy atom. The fourth-order valence-corrected chi connectivity index (χ4v) is 5.92. The Labute approximate surface area is 200 Å². The van der Waals surface area contributed by atoms with Crippen LogP contribution in [-0.2, 0) is 16.0 Å². The van der Waals surface area contributed by atoms with E-state index in [0.29, 0.717) is 15.7 Å². The Morgan fingerprint density at radius 1 is 1.25 bits per heavy atom. The molecule has 172 valence electrons. The number of hydrogen-bond donors (Lipinski definition) is 1. The standard InChI is InChI=1S/C22H28N4O3S3/c1-7-16-9-15(10-30-16)19-24-25-22(26(19)12(3)4)31-11-17(27)23-20-18(21(28)29-8-2)13(5)14(6)32-20/h9-10,12H,7-8,11H2,1-6H3,(H,23,27). The lowest BCUT2D eigenvalue weighted by Crippen LogP contribution is -2.17. The summed E-state index contributed by atoms with van der Waals surface area (Å²) in [6.45, 7) is 12.1. The lowest BCUT2D eigenvalue weighted by atomic mass is 10.1. The van der Waals surface area contributed by atoms with Crippen molar-refractivity contribution in [3.63, 3.8) is 0 Å². The van der Waals surface area contributed by atoms with E-state index in [1.54, 1.807) is 18.3 Å². The van der Waals surface area contributed by atoms with Crippen LogP contribution in [0.3, 0.4) is 0 Å². The van der Waals surface area contributed by atoms with Gasteiger partial charge in [-0.2, -0.15) is 0 Å². The van der Waals surface area contributed by atoms with Crippen molar-refractivity contribution in [1.82, 2.24) is 14.8 Å². The average molecular weight is 493 g/mol. The highest BCUT2D eigenvalue weighted by Gasteiger charge is 2.23. The van der Waals surface area contributed by atoms with Crippen molar-refractivity contribution in [3.05, 3.63) is 32.3 Å². The molecule has 0 radical (unpaired) electrons. The molecule has 0 aromatic carbocycles. The Balaban J connectivity index is 1.75. The van der Waals surface area contributed by atoms with Crippen molar-refractivity contribution in [1.29, 1.82) is 0 Å². The highest BCUT2D eigenvalue weighted by Crippen LogP contribution is 2.34. The first-order valence-electron chi connectivity index (χ1n) is 10.5. The van der Waals surface area contributed by atoms with Gasteiger partial charge in [0.15, 0.2) is 11.0 Å². The van der Waals surface area contributed by atoms with E-state index in [0.717, 1.165) is 28.2 Å². The molecule has 1 amide bonds. The normalized spacial score (nSPS) is 11.2. The molecule has 0 saturated carbocycles. The van der Waals surface area contributed by atoms with Crippen LogP contribution >= 0.6 is 34.4 Å². The highest BCUT2D eigenvalue weighted by molar-refractivity contribution is 7.99. The lowest BCUT2D eigenvalue weighted by Gasteiger charge is -2.13. The summed E-state index contributed by atoms with van der Waals surface area (Å²) in [7, 11) is 0. The van der Waals surface area contributed by atoms with Gasteiger partial charge >= 0.3 is 5.97 Å². The van der Waals surface area contributed by atoms with Crippen molar-refractivity contribution in [2.75, 3.05) is 17.7 Å². The van der Waals surface area contributed by atoms with Gasteiger partial charge < -0.3 is 10.1 Å². The fraction of sp³-hybridized carbons (Fsp3) is 0.455. The molecule has 0 aliphatic carbocycles. The number of amides is 1. The zero-order valence-electron chi connectivity index (χ0n) is 19.1. The Kier molecular flexibility index (Phi) is 8.13. The van der Waals surface area contributed by atoms with Crippen LogP contribution in [0.5, 0.6) is 0 Å². The quantitative estimate of drug-likeness (QED) is 0.303. The summed E-state index contributed by atoms with van der Waals surface area (Å²) in [6, 6.07) is 2.29. The molecular weight excluding hydrogens is 464 g/mol. The van der Waals surface area contributed by atoms with Crippen LogP contribution < -0.4 is 5.32 Å². The first kappa shape index (κ1) is 24.5. The summed E-state index contributed by atoms with van der Waals surface area (Å²) >= 11 is 4.44. The minimum Gasteiger partial charge on any atom is -0.462 e. The molecule has 3 aromatic heterocycles. The molecule has 0 unspecified atom stereocenters. The van der Waals surface area contributed by atoms with E-state index >= 15 is 0 Å². The van der Waals surface area contributed by atoms with E-state index in [1.807, 2.05) is 13.8 Å². The third kappa shape index (κ3) is 5.24. The van der Waals surface area contributed by atoms with Gasteiger partial charge in [0.1, 0.15) is 5.00 Å². The maximum atomic E-state index is 12.7. The second-order valence-corrected chi connectivity index (χ2v) is 10.6. The van der Waals surface area contributed by atoms with Crippen molar-refractivity contribution >= 4 is 51.3 Å². The van der Waals surface area contributed by atoms with E-state index in [2.05, 4.69) is 52.3 Å². The molecule has 32 heavy (non-hydrogen) atoms. The Bertz CT molecular complexity index is 1110. The molecule has 7 nitrogen and oxygen atoms in total. The van der Waals surface area contributed by atoms with Gasteiger partial charge in [-0.25, -0.2) is 4.79 Å². The molecule has 3 heterocycles. The van der Waals surface area contributed by atoms with Gasteiger partial charge in [-0.05, 0) is 52.7 Å². The topological polar surface area (TPSA) is 86.1 Å². The Morgan fingerprint density at radius 2 is 2.00 bits per heavy atom. The van der Waals surface area contributed by atoms with Crippen molar-refractivity contribution < 1.29 is 14.3 Å². The molecule has 0 spiro atoms. The minimum atomic E-state index is -0.413. The first-order valence-corrected chi connectivity index (χ1v) is 13.2. The van der Waals surface area contributed by atoms with E-state index in [9.17, 15) is 9.59 Å². The van der Waals surface area contributed by atoms with Gasteiger partial charge in [-0.1, -0.05) is 18.7 Å². The molecule has 0 aliphatic rings. The molecule has 0 aliphatic heterocycles. The number of carbonyl (C=O) groups excluding carboxylic acids is 2. The molecular formula is C22H28N4O3S3. The van der Waals surface area contributed by atoms with Crippen molar-refractivity contribution in [2.24, 2.45) is 0 Å². The number of ether oxygens (including phenoxy) is 1. The van der Waals surface area contributed by atoms with Gasteiger partial charge in [-0.3, -0.25) is 9.36 Å². The zero-order valence-corrected chi connectivity index (χ0v) is 21.6. The SMILES string of the molecule is CCOC(=O)c1c(NC(=O)CSc2nnc(-c3csc(CC)c3)n2C(C)C)sc(C)c1C. The zero-order chi connectivity index (χ0) is 23.4. The summed E-state index contributed by atoms with van der Waals surface area (Å²) in [5.41, 5.74) is 2.32. The van der Waals surface area contributed by atoms with Gasteiger partial charge in [-0.15, -0.1) is 32.9 Å². The van der Waals surface area contributed by atoms with Gasteiger partial charge in [0.25, 0.3) is 0 Å². The van der Waals surface area contributed by atoms with Crippen LogP contribution in [0.4, 0.5) is 5.00 Å². The van der Waals surface area contributed by atoms with E-state index < -0.39 is 5.97 Å². The second kappa shape index (κ2) is 10.6. The number of hydrogen-bond acceptors (Lipinski definition) is 8. The largest absolute Gasteiger partial charge is 0.462 e. The van der Waals surface area contributed by atoms with E-state index in [4.69, 9.17) is 4.74 Å². The van der Waals surface area contributed by atoms with Gasteiger partial charge in [0.05, 0.1) is 17.9 Å². The van der Waals surface area contributed by atoms with Gasteiger partial charge in [0, 0.05) is 26.7 Å². The monoisotopic (exact) mass is 492 g/mol. The predicted molar refractivity (Wildman–Crippen MR) is 132 cm³/mol. The van der Waals surface area contributed by atoms with Crippen LogP contribution in [0, 0.1) is 13.8 Å². The maximum Gasteiger partial charge on any atom is 0.341 e. The van der Waals surface area contributed by atoms with Crippen LogP contribution in [0.1, 0.15) is 59.4 Å². The predicted octanol–water partition coefficient (Wildman–Crippen LogP) is 5.74. The smallest absolute Gasteiger partial charge is 0.341 e. The van der Waals surface area contributed by atoms with Crippen LogP contribution in [0.2, 0.25) is 0 Å². The van der Waals surface area contributed by atoms with Crippen molar-refractivity contribution in [2.45, 2.75) is 59.2 Å². The number of nitrogens with zero attached hydrogens (tertiary/aromatic N) is 3. The molecule has 0 atom stereocenters. The number of thioether (sulfide) groups is 1. The molecule has 3 rings (SSSR count). The third-order valence-electron chi connectivity index (χ3n) is 4.89. The molecule has 10 heteroatoms. The maximum absolute atomic E-state index is 12.7. The molecule has 0 bridgehead atoms. The number of nitrogens with one attached hydrogen (secondary N) is 1. The summed E-state index contributed by atoms with van der Waals surface area (Å²) in [4.78, 5) is 27.3. The number of esters is 1. The van der Waals surface area contributed by atoms with Gasteiger partial charge in [0.2, 0.25) is 5.91 Å². The highest BCUT2D eigenvalue weighted by atomic mass is 32.2. The van der Waals surface area contributed by atoms with Crippen LogP contribution in [-0.4, -0.2) is 39.0 Å². The lowest BCUT2D eigenvalue weighted by molar-refractivity contribution is -0.113. The average Bonchev–Trinajstić information content (AvgIpc) is 3.44. The minimum absolute atomic E-state index is 0.147. The number of aromatic nitrogens is 3. The molecule has 0 saturated heterocycles. The fourth-order valence-electron chi connectivity index (χ4n) is 3.18. The van der Waals surface area contributed by atoms with Crippen LogP contribution in [0.15, 0.2) is 16.6 Å². The summed E-state index contributed by atoms with van der Waals surface area (Å²) in [5, 5.41) is 14.9. The number of aryl methyl sites for hydroxylation is 2.